The van der Waals surface area contributed by atoms with Crippen molar-refractivity contribution < 1.29 is 14.3 Å². The lowest BCUT2D eigenvalue weighted by molar-refractivity contribution is 0.0658. The fourth-order valence-electron chi connectivity index (χ4n) is 3.63. The quantitative estimate of drug-likeness (QED) is 0.655. The average molecular weight is 408 g/mol. The highest BCUT2D eigenvalue weighted by atomic mass is 16.5. The molecule has 0 saturated carbocycles. The molecule has 1 aromatic heterocycles. The minimum absolute atomic E-state index is 0.180. The SMILES string of the molecule is COc1ccc(-n2nc(C(=O)N3CCN(C)CC3)c3ccccc3c2=O)c(OC)c1. The molecule has 30 heavy (non-hydrogen) atoms. The highest BCUT2D eigenvalue weighted by molar-refractivity contribution is 6.04. The number of amides is 1. The van der Waals surface area contributed by atoms with Crippen LogP contribution in [0.1, 0.15) is 10.5 Å². The van der Waals surface area contributed by atoms with Gasteiger partial charge in [0.25, 0.3) is 11.5 Å². The van der Waals surface area contributed by atoms with Crippen LogP contribution in [0.4, 0.5) is 0 Å². The first kappa shape index (κ1) is 19.9. The summed E-state index contributed by atoms with van der Waals surface area (Å²) in [7, 11) is 5.11. The Labute approximate surface area is 174 Å². The van der Waals surface area contributed by atoms with Gasteiger partial charge in [-0.25, -0.2) is 0 Å². The zero-order chi connectivity index (χ0) is 21.3. The van der Waals surface area contributed by atoms with E-state index in [0.29, 0.717) is 41.0 Å². The molecule has 2 aromatic carbocycles. The molecule has 1 aliphatic heterocycles. The van der Waals surface area contributed by atoms with Crippen LogP contribution in [0.15, 0.2) is 47.3 Å². The van der Waals surface area contributed by atoms with Crippen molar-refractivity contribution in [1.82, 2.24) is 19.6 Å². The van der Waals surface area contributed by atoms with Gasteiger partial charge in [0.2, 0.25) is 0 Å². The predicted molar refractivity (Wildman–Crippen MR) is 114 cm³/mol. The van der Waals surface area contributed by atoms with E-state index in [1.807, 2.05) is 13.1 Å². The Bertz CT molecular complexity index is 1150. The Morgan fingerprint density at radius 1 is 0.967 bits per heavy atom. The first-order valence-corrected chi connectivity index (χ1v) is 9.75. The van der Waals surface area contributed by atoms with Gasteiger partial charge in [-0.05, 0) is 25.2 Å². The average Bonchev–Trinajstić information content (AvgIpc) is 2.79. The van der Waals surface area contributed by atoms with Crippen molar-refractivity contribution in [3.63, 3.8) is 0 Å². The van der Waals surface area contributed by atoms with Crippen molar-refractivity contribution >= 4 is 16.7 Å². The molecule has 0 unspecified atom stereocenters. The van der Waals surface area contributed by atoms with Crippen molar-refractivity contribution in [3.05, 3.63) is 58.5 Å². The first-order valence-electron chi connectivity index (χ1n) is 9.75. The van der Waals surface area contributed by atoms with Gasteiger partial charge in [-0.2, -0.15) is 9.78 Å². The van der Waals surface area contributed by atoms with E-state index in [9.17, 15) is 9.59 Å². The van der Waals surface area contributed by atoms with Gasteiger partial charge in [0.15, 0.2) is 5.69 Å². The number of rotatable bonds is 4. The second-order valence-electron chi connectivity index (χ2n) is 7.24. The molecule has 8 nitrogen and oxygen atoms in total. The van der Waals surface area contributed by atoms with Crippen LogP contribution in [0.5, 0.6) is 11.5 Å². The lowest BCUT2D eigenvalue weighted by Crippen LogP contribution is -2.47. The second kappa shape index (κ2) is 8.16. The summed E-state index contributed by atoms with van der Waals surface area (Å²) >= 11 is 0. The molecule has 156 valence electrons. The molecule has 4 rings (SSSR count). The number of aromatic nitrogens is 2. The number of benzene rings is 2. The van der Waals surface area contributed by atoms with Crippen LogP contribution in [-0.2, 0) is 0 Å². The first-order chi connectivity index (χ1) is 14.5. The second-order valence-corrected chi connectivity index (χ2v) is 7.24. The van der Waals surface area contributed by atoms with Crippen molar-refractivity contribution in [1.29, 1.82) is 0 Å². The number of hydrogen-bond donors (Lipinski definition) is 0. The van der Waals surface area contributed by atoms with Gasteiger partial charge in [-0.3, -0.25) is 9.59 Å². The number of carbonyl (C=O) groups is 1. The Kier molecular flexibility index (Phi) is 5.41. The standard InChI is InChI=1S/C22H24N4O4/c1-24-10-12-25(13-11-24)22(28)20-16-6-4-5-7-17(16)21(27)26(23-20)18-9-8-15(29-2)14-19(18)30-3/h4-9,14H,10-13H2,1-3H3. The van der Waals surface area contributed by atoms with Crippen molar-refractivity contribution in [3.8, 4) is 17.2 Å². The molecule has 1 saturated heterocycles. The van der Waals surface area contributed by atoms with E-state index in [-0.39, 0.29) is 17.2 Å². The molecule has 1 amide bonds. The fraction of sp³-hybridized carbons (Fsp3) is 0.318. The summed E-state index contributed by atoms with van der Waals surface area (Å²) in [6, 6.07) is 12.2. The lowest BCUT2D eigenvalue weighted by Gasteiger charge is -2.32. The number of methoxy groups -OCH3 is 2. The number of fused-ring (bicyclic) bond motifs is 1. The Morgan fingerprint density at radius 3 is 2.33 bits per heavy atom. The minimum atomic E-state index is -0.316. The molecule has 1 aliphatic rings. The van der Waals surface area contributed by atoms with Crippen LogP contribution in [-0.4, -0.2) is 72.9 Å². The Hall–Kier alpha value is -3.39. The Balaban J connectivity index is 1.89. The van der Waals surface area contributed by atoms with E-state index in [2.05, 4.69) is 10.00 Å². The molecule has 8 heteroatoms. The normalized spacial score (nSPS) is 14.7. The monoisotopic (exact) mass is 408 g/mol. The van der Waals surface area contributed by atoms with Gasteiger partial charge < -0.3 is 19.3 Å². The van der Waals surface area contributed by atoms with Gasteiger partial charge in [-0.15, -0.1) is 0 Å². The van der Waals surface area contributed by atoms with Crippen molar-refractivity contribution in [2.45, 2.75) is 0 Å². The van der Waals surface area contributed by atoms with Crippen molar-refractivity contribution in [2.75, 3.05) is 47.4 Å². The van der Waals surface area contributed by atoms with Crippen molar-refractivity contribution in [2.24, 2.45) is 0 Å². The molecule has 0 bridgehead atoms. The molecule has 0 spiro atoms. The van der Waals surface area contributed by atoms with Crippen LogP contribution in [0.3, 0.4) is 0 Å². The Morgan fingerprint density at radius 2 is 1.67 bits per heavy atom. The van der Waals surface area contributed by atoms with Crippen LogP contribution in [0.2, 0.25) is 0 Å². The third-order valence-corrected chi connectivity index (χ3v) is 5.41. The summed E-state index contributed by atoms with van der Waals surface area (Å²) in [6.07, 6.45) is 0. The van der Waals surface area contributed by atoms with E-state index < -0.39 is 0 Å². The number of carbonyl (C=O) groups excluding carboxylic acids is 1. The maximum absolute atomic E-state index is 13.3. The van der Waals surface area contributed by atoms with E-state index in [1.165, 1.54) is 11.8 Å². The fourth-order valence-corrected chi connectivity index (χ4v) is 3.63. The predicted octanol–water partition coefficient (Wildman–Crippen LogP) is 1.79. The molecule has 0 aliphatic carbocycles. The zero-order valence-corrected chi connectivity index (χ0v) is 17.3. The van der Waals surface area contributed by atoms with Crippen LogP contribution < -0.4 is 15.0 Å². The third-order valence-electron chi connectivity index (χ3n) is 5.41. The summed E-state index contributed by atoms with van der Waals surface area (Å²) in [6.45, 7) is 2.85. The molecular weight excluding hydrogens is 384 g/mol. The highest BCUT2D eigenvalue weighted by Crippen LogP contribution is 2.27. The number of ether oxygens (including phenoxy) is 2. The molecule has 0 N–H and O–H groups in total. The van der Waals surface area contributed by atoms with Crippen LogP contribution >= 0.6 is 0 Å². The molecule has 1 fully saturated rings. The summed E-state index contributed by atoms with van der Waals surface area (Å²) < 4.78 is 11.9. The van der Waals surface area contributed by atoms with Gasteiger partial charge in [0.1, 0.15) is 17.2 Å². The van der Waals surface area contributed by atoms with Crippen LogP contribution in [0.25, 0.3) is 16.5 Å². The molecule has 3 aromatic rings. The van der Waals surface area contributed by atoms with Gasteiger partial charge >= 0.3 is 0 Å². The topological polar surface area (TPSA) is 76.9 Å². The van der Waals surface area contributed by atoms with E-state index in [0.717, 1.165) is 13.1 Å². The van der Waals surface area contributed by atoms with E-state index >= 15 is 0 Å². The molecule has 0 atom stereocenters. The summed E-state index contributed by atoms with van der Waals surface area (Å²) in [5.41, 5.74) is 0.387. The highest BCUT2D eigenvalue weighted by Gasteiger charge is 2.25. The third kappa shape index (κ3) is 3.50. The maximum Gasteiger partial charge on any atom is 0.279 e. The summed E-state index contributed by atoms with van der Waals surface area (Å²) in [5.74, 6) is 0.843. The number of hydrogen-bond acceptors (Lipinski definition) is 6. The minimum Gasteiger partial charge on any atom is -0.497 e. The zero-order valence-electron chi connectivity index (χ0n) is 17.3. The van der Waals surface area contributed by atoms with Gasteiger partial charge in [0, 0.05) is 37.6 Å². The van der Waals surface area contributed by atoms with E-state index in [4.69, 9.17) is 9.47 Å². The summed E-state index contributed by atoms with van der Waals surface area (Å²) in [4.78, 5) is 30.5. The van der Waals surface area contributed by atoms with Gasteiger partial charge in [-0.1, -0.05) is 18.2 Å². The van der Waals surface area contributed by atoms with Crippen LogP contribution in [0, 0.1) is 0 Å². The smallest absolute Gasteiger partial charge is 0.279 e. The molecule has 2 heterocycles. The lowest BCUT2D eigenvalue weighted by atomic mass is 10.1. The number of nitrogens with zero attached hydrogens (tertiary/aromatic N) is 4. The largest absolute Gasteiger partial charge is 0.497 e. The summed E-state index contributed by atoms with van der Waals surface area (Å²) in [5, 5.41) is 5.49. The number of likely N-dealkylation sites (N-methyl/N-ethyl adjacent to an activating group) is 1. The maximum atomic E-state index is 13.3. The molecule has 0 radical (unpaired) electrons. The molecular formula is C22H24N4O4. The van der Waals surface area contributed by atoms with E-state index in [1.54, 1.807) is 48.4 Å². The van der Waals surface area contributed by atoms with Gasteiger partial charge in [0.05, 0.1) is 19.6 Å². The number of piperazine rings is 1.